The summed E-state index contributed by atoms with van der Waals surface area (Å²) in [4.78, 5) is 11.0. The van der Waals surface area contributed by atoms with Crippen LogP contribution in [-0.4, -0.2) is 45.1 Å². The molecular weight excluding hydrogens is 168 g/mol. The molecule has 1 rings (SSSR count). The number of rotatable bonds is 1. The lowest BCUT2D eigenvalue weighted by Crippen LogP contribution is -2.57. The predicted molar refractivity (Wildman–Crippen MR) is 61.9 cm³/mol. The second kappa shape index (κ2) is 3.64. The van der Waals surface area contributed by atoms with Gasteiger partial charge in [-0.25, -0.2) is 0 Å². The van der Waals surface area contributed by atoms with Crippen LogP contribution in [0.1, 0.15) is 10.4 Å². The van der Waals surface area contributed by atoms with Crippen molar-refractivity contribution in [1.29, 1.82) is 0 Å². The summed E-state index contributed by atoms with van der Waals surface area (Å²) in [7, 11) is 27.5. The highest BCUT2D eigenvalue weighted by atomic mass is 16.1. The highest BCUT2D eigenvalue weighted by Gasteiger charge is 2.13. The van der Waals surface area contributed by atoms with E-state index in [-0.39, 0.29) is 32.9 Å². The number of benzene rings is 1. The number of amides is 1. The maximum atomic E-state index is 11.0. The number of carbonyl (C=O) groups is 1. The van der Waals surface area contributed by atoms with Crippen LogP contribution in [0.25, 0.3) is 0 Å². The molecule has 0 aliphatic rings. The normalized spacial score (nSPS) is 10.0. The Balaban J connectivity index is 3.68. The van der Waals surface area contributed by atoms with Crippen LogP contribution < -0.4 is 33.0 Å². The minimum Gasteiger partial charge on any atom is -0.366 e. The maximum Gasteiger partial charge on any atom is 0.247 e. The summed E-state index contributed by atoms with van der Waals surface area (Å²) >= 11 is 0. The molecule has 0 saturated heterocycles. The van der Waals surface area contributed by atoms with Crippen molar-refractivity contribution >= 4 is 72.5 Å². The third-order valence-electron chi connectivity index (χ3n) is 1.95. The zero-order valence-electron chi connectivity index (χ0n) is 7.37. The molecule has 0 aromatic heterocycles. The van der Waals surface area contributed by atoms with E-state index in [1.807, 2.05) is 0 Å². The van der Waals surface area contributed by atoms with Crippen molar-refractivity contribution in [3.05, 3.63) is 5.56 Å². The molecule has 0 spiro atoms. The Kier molecular flexibility index (Phi) is 2.88. The van der Waals surface area contributed by atoms with E-state index in [1.54, 1.807) is 0 Å². The average Bonchev–Trinajstić information content (AvgIpc) is 2.11. The smallest absolute Gasteiger partial charge is 0.247 e. The standard InChI is InChI=1S/C7H2B5NO/c8-2-1(7(13)14)3(9)5(11)6(12)4(2)10/h(H2,13,14). The van der Waals surface area contributed by atoms with E-state index in [0.29, 0.717) is 0 Å². The third kappa shape index (κ3) is 1.51. The van der Waals surface area contributed by atoms with Crippen molar-refractivity contribution in [1.82, 2.24) is 0 Å². The molecule has 56 valence electrons. The van der Waals surface area contributed by atoms with Crippen molar-refractivity contribution < 1.29 is 4.79 Å². The van der Waals surface area contributed by atoms with Gasteiger partial charge in [-0.1, -0.05) is 10.9 Å². The first-order chi connectivity index (χ1) is 6.37. The molecule has 7 heteroatoms. The van der Waals surface area contributed by atoms with Gasteiger partial charge in [-0.05, 0) is 0 Å². The Bertz CT molecular complexity index is 388. The van der Waals surface area contributed by atoms with Crippen molar-refractivity contribution in [2.45, 2.75) is 0 Å². The molecule has 1 amide bonds. The highest BCUT2D eigenvalue weighted by molar-refractivity contribution is 6.68. The summed E-state index contributed by atoms with van der Waals surface area (Å²) in [5.41, 5.74) is 4.98. The number of carbonyl (C=O) groups excluding carboxylic acids is 1. The fourth-order valence-electron chi connectivity index (χ4n) is 1.12. The lowest BCUT2D eigenvalue weighted by molar-refractivity contribution is 0.100. The molecule has 0 unspecified atom stereocenters. The van der Waals surface area contributed by atoms with Gasteiger partial charge in [0, 0.05) is 5.56 Å². The monoisotopic (exact) mass is 171 g/mol. The van der Waals surface area contributed by atoms with Gasteiger partial charge < -0.3 is 5.73 Å². The van der Waals surface area contributed by atoms with Gasteiger partial charge >= 0.3 is 0 Å². The predicted octanol–water partition coefficient (Wildman–Crippen LogP) is -5.25. The van der Waals surface area contributed by atoms with Crippen LogP contribution in [0.2, 0.25) is 0 Å². The molecule has 0 fully saturated rings. The molecular formula is C7H2B5NO. The molecule has 0 aliphatic heterocycles. The molecule has 2 nitrogen and oxygen atoms in total. The van der Waals surface area contributed by atoms with Gasteiger partial charge in [-0.3, -0.25) is 4.79 Å². The summed E-state index contributed by atoms with van der Waals surface area (Å²) in [6.07, 6.45) is 0. The number of hydrogen-bond donors (Lipinski definition) is 1. The van der Waals surface area contributed by atoms with E-state index in [9.17, 15) is 4.79 Å². The van der Waals surface area contributed by atoms with Crippen molar-refractivity contribution in [2.75, 3.05) is 0 Å². The van der Waals surface area contributed by atoms with Gasteiger partial charge in [0.1, 0.15) is 39.2 Å². The van der Waals surface area contributed by atoms with E-state index < -0.39 is 5.91 Å². The van der Waals surface area contributed by atoms with Crippen LogP contribution in [0.5, 0.6) is 0 Å². The summed E-state index contributed by atoms with van der Waals surface area (Å²) < 4.78 is 0. The summed E-state index contributed by atoms with van der Waals surface area (Å²) in [5, 5.41) is 0. The largest absolute Gasteiger partial charge is 0.366 e. The van der Waals surface area contributed by atoms with Crippen LogP contribution in [0, 0.1) is 0 Å². The third-order valence-corrected chi connectivity index (χ3v) is 1.95. The second-order valence-electron chi connectivity index (χ2n) is 2.81. The molecule has 0 saturated carbocycles. The topological polar surface area (TPSA) is 43.1 Å². The molecule has 10 radical (unpaired) electrons. The highest BCUT2D eigenvalue weighted by Crippen LogP contribution is 1.82. The number of nitrogens with two attached hydrogens (primary N) is 1. The van der Waals surface area contributed by atoms with Crippen LogP contribution >= 0.6 is 0 Å². The Morgan fingerprint density at radius 3 is 1.36 bits per heavy atom. The van der Waals surface area contributed by atoms with Crippen LogP contribution in [0.4, 0.5) is 0 Å². The van der Waals surface area contributed by atoms with Crippen molar-refractivity contribution in [2.24, 2.45) is 5.73 Å². The van der Waals surface area contributed by atoms with Gasteiger partial charge in [-0.15, -0.1) is 16.4 Å². The van der Waals surface area contributed by atoms with Gasteiger partial charge in [0.25, 0.3) is 0 Å². The van der Waals surface area contributed by atoms with Crippen LogP contribution in [0.15, 0.2) is 0 Å². The summed E-state index contributed by atoms with van der Waals surface area (Å²) in [6.45, 7) is 0. The average molecular weight is 170 g/mol. The molecule has 0 bridgehead atoms. The van der Waals surface area contributed by atoms with E-state index >= 15 is 0 Å². The lowest BCUT2D eigenvalue weighted by Gasteiger charge is -2.18. The minimum atomic E-state index is -0.793. The zero-order valence-corrected chi connectivity index (χ0v) is 7.37. The fraction of sp³-hybridized carbons (Fsp3) is 0. The molecule has 1 aromatic rings. The zero-order chi connectivity index (χ0) is 11.0. The Morgan fingerprint density at radius 2 is 1.07 bits per heavy atom. The van der Waals surface area contributed by atoms with Crippen LogP contribution in [-0.2, 0) is 0 Å². The number of hydrogen-bond acceptors (Lipinski definition) is 1. The first-order valence-corrected chi connectivity index (χ1v) is 3.69. The number of primary amides is 1. The van der Waals surface area contributed by atoms with E-state index in [2.05, 4.69) is 0 Å². The first kappa shape index (κ1) is 11.1. The maximum absolute atomic E-state index is 11.0. The van der Waals surface area contributed by atoms with E-state index in [4.69, 9.17) is 45.0 Å². The lowest BCUT2D eigenvalue weighted by atomic mass is 9.60. The molecule has 14 heavy (non-hydrogen) atoms. The van der Waals surface area contributed by atoms with Gasteiger partial charge in [0.05, 0.1) is 0 Å². The van der Waals surface area contributed by atoms with Crippen molar-refractivity contribution in [3.63, 3.8) is 0 Å². The quantitative estimate of drug-likeness (QED) is 0.420. The van der Waals surface area contributed by atoms with Gasteiger partial charge in [0.2, 0.25) is 5.91 Å². The van der Waals surface area contributed by atoms with E-state index in [1.165, 1.54) is 0 Å². The van der Waals surface area contributed by atoms with Gasteiger partial charge in [-0.2, -0.15) is 0 Å². The summed E-state index contributed by atoms with van der Waals surface area (Å²) in [6, 6.07) is 0. The van der Waals surface area contributed by atoms with Gasteiger partial charge in [0.15, 0.2) is 0 Å². The molecule has 0 heterocycles. The molecule has 0 aliphatic carbocycles. The van der Waals surface area contributed by atoms with E-state index in [0.717, 1.165) is 0 Å². The molecule has 1 aromatic carbocycles. The minimum absolute atomic E-state index is 0.0190. The fourth-order valence-corrected chi connectivity index (χ4v) is 1.12. The Hall–Kier alpha value is -0.985. The molecule has 2 N–H and O–H groups in total. The summed E-state index contributed by atoms with van der Waals surface area (Å²) in [5.74, 6) is -0.793. The first-order valence-electron chi connectivity index (χ1n) is 3.69. The molecule has 0 atom stereocenters. The van der Waals surface area contributed by atoms with Crippen LogP contribution in [0.3, 0.4) is 0 Å². The Labute approximate surface area is 89.1 Å². The van der Waals surface area contributed by atoms with Crippen molar-refractivity contribution in [3.8, 4) is 0 Å². The SMILES string of the molecule is [B]c1c([B])c([B])c(C(N)=O)c([B])c1[B]. The Morgan fingerprint density at radius 1 is 0.786 bits per heavy atom. The second-order valence-corrected chi connectivity index (χ2v) is 2.81.